The highest BCUT2D eigenvalue weighted by atomic mass is 35.5. The molecule has 0 aromatic carbocycles. The van der Waals surface area contributed by atoms with Crippen molar-refractivity contribution in [1.82, 2.24) is 15.1 Å². The van der Waals surface area contributed by atoms with Crippen LogP contribution in [-0.4, -0.2) is 61.2 Å². The summed E-state index contributed by atoms with van der Waals surface area (Å²) in [5, 5.41) is 3.45. The first-order chi connectivity index (χ1) is 7.34. The van der Waals surface area contributed by atoms with Crippen LogP contribution in [0, 0.1) is 0 Å². The normalized spacial score (nSPS) is 38.3. The van der Waals surface area contributed by atoms with Crippen molar-refractivity contribution in [3.05, 3.63) is 0 Å². The van der Waals surface area contributed by atoms with Crippen molar-refractivity contribution >= 4 is 24.8 Å². The molecule has 2 bridgehead atoms. The van der Waals surface area contributed by atoms with Crippen LogP contribution in [0.2, 0.25) is 0 Å². The average Bonchev–Trinajstić information content (AvgIpc) is 2.54. The molecule has 0 saturated carbocycles. The third-order valence-corrected chi connectivity index (χ3v) is 4.74. The Morgan fingerprint density at radius 1 is 0.882 bits per heavy atom. The van der Waals surface area contributed by atoms with Crippen LogP contribution in [0.1, 0.15) is 25.7 Å². The van der Waals surface area contributed by atoms with Crippen LogP contribution in [0.15, 0.2) is 0 Å². The Hall–Kier alpha value is 0.460. The Morgan fingerprint density at radius 2 is 1.41 bits per heavy atom. The van der Waals surface area contributed by atoms with Gasteiger partial charge in [0.05, 0.1) is 0 Å². The van der Waals surface area contributed by atoms with Gasteiger partial charge < -0.3 is 10.2 Å². The van der Waals surface area contributed by atoms with Gasteiger partial charge in [-0.3, -0.25) is 4.90 Å². The Bertz CT molecular complexity index is 220. The van der Waals surface area contributed by atoms with E-state index in [4.69, 9.17) is 0 Å². The Kier molecular flexibility index (Phi) is 6.00. The number of nitrogens with one attached hydrogen (secondary N) is 1. The van der Waals surface area contributed by atoms with Gasteiger partial charge in [-0.05, 0) is 32.7 Å². The molecule has 2 atom stereocenters. The molecule has 0 amide bonds. The maximum absolute atomic E-state index is 3.45. The Morgan fingerprint density at radius 3 is 1.94 bits per heavy atom. The van der Waals surface area contributed by atoms with Crippen LogP contribution >= 0.6 is 24.8 Å². The summed E-state index contributed by atoms with van der Waals surface area (Å²) in [6.07, 6.45) is 5.74. The third kappa shape index (κ3) is 3.07. The smallest absolute Gasteiger partial charge is 0.0126 e. The molecule has 0 radical (unpaired) electrons. The van der Waals surface area contributed by atoms with E-state index in [2.05, 4.69) is 22.2 Å². The highest BCUT2D eigenvalue weighted by Gasteiger charge is 2.40. The SMILES string of the molecule is CN1C2CCC1CC(N1CCNCC1)C2.Cl.Cl. The number of nitrogens with zero attached hydrogens (tertiary/aromatic N) is 2. The number of piperidine rings is 1. The zero-order valence-corrected chi connectivity index (χ0v) is 12.2. The van der Waals surface area contributed by atoms with E-state index < -0.39 is 0 Å². The van der Waals surface area contributed by atoms with Crippen LogP contribution in [0.25, 0.3) is 0 Å². The quantitative estimate of drug-likeness (QED) is 0.783. The average molecular weight is 282 g/mol. The first-order valence-corrected chi connectivity index (χ1v) is 6.51. The number of halogens is 2. The molecule has 2 unspecified atom stereocenters. The zero-order chi connectivity index (χ0) is 10.3. The van der Waals surface area contributed by atoms with Crippen molar-refractivity contribution in [2.24, 2.45) is 0 Å². The van der Waals surface area contributed by atoms with E-state index in [1.807, 2.05) is 0 Å². The van der Waals surface area contributed by atoms with E-state index >= 15 is 0 Å². The van der Waals surface area contributed by atoms with E-state index in [1.165, 1.54) is 51.9 Å². The fraction of sp³-hybridized carbons (Fsp3) is 1.00. The maximum atomic E-state index is 3.45. The number of hydrogen-bond donors (Lipinski definition) is 1. The van der Waals surface area contributed by atoms with E-state index in [0.29, 0.717) is 0 Å². The van der Waals surface area contributed by atoms with Gasteiger partial charge >= 0.3 is 0 Å². The molecular weight excluding hydrogens is 257 g/mol. The van der Waals surface area contributed by atoms with E-state index in [9.17, 15) is 0 Å². The first-order valence-electron chi connectivity index (χ1n) is 6.51. The van der Waals surface area contributed by atoms with Gasteiger partial charge in [0.25, 0.3) is 0 Å². The van der Waals surface area contributed by atoms with E-state index in [-0.39, 0.29) is 24.8 Å². The van der Waals surface area contributed by atoms with Gasteiger partial charge in [-0.15, -0.1) is 24.8 Å². The topological polar surface area (TPSA) is 18.5 Å². The molecule has 3 aliphatic heterocycles. The Labute approximate surface area is 117 Å². The molecule has 3 saturated heterocycles. The lowest BCUT2D eigenvalue weighted by Gasteiger charge is -2.43. The number of hydrogen-bond acceptors (Lipinski definition) is 3. The van der Waals surface area contributed by atoms with Crippen LogP contribution < -0.4 is 5.32 Å². The molecule has 3 rings (SSSR count). The lowest BCUT2D eigenvalue weighted by Crippen LogP contribution is -2.54. The molecule has 0 aromatic heterocycles. The second kappa shape index (κ2) is 6.58. The monoisotopic (exact) mass is 281 g/mol. The number of rotatable bonds is 1. The van der Waals surface area contributed by atoms with Gasteiger partial charge in [0.1, 0.15) is 0 Å². The zero-order valence-electron chi connectivity index (χ0n) is 10.6. The highest BCUT2D eigenvalue weighted by molar-refractivity contribution is 5.85. The fourth-order valence-electron chi connectivity index (χ4n) is 3.73. The Balaban J connectivity index is 0.000000722. The fourth-order valence-corrected chi connectivity index (χ4v) is 3.73. The molecule has 0 spiro atoms. The van der Waals surface area contributed by atoms with Crippen molar-refractivity contribution < 1.29 is 0 Å². The summed E-state index contributed by atoms with van der Waals surface area (Å²) < 4.78 is 0. The minimum Gasteiger partial charge on any atom is -0.314 e. The minimum absolute atomic E-state index is 0. The standard InChI is InChI=1S/C12H23N3.2ClH/c1-14-10-2-3-11(14)9-12(8-10)15-6-4-13-5-7-15;;/h10-13H,2-9H2,1H3;2*1H. The largest absolute Gasteiger partial charge is 0.314 e. The lowest BCUT2D eigenvalue weighted by atomic mass is 9.96. The van der Waals surface area contributed by atoms with Crippen LogP contribution in [0.5, 0.6) is 0 Å². The van der Waals surface area contributed by atoms with Gasteiger partial charge in [-0.2, -0.15) is 0 Å². The molecule has 0 aromatic rings. The minimum atomic E-state index is 0. The summed E-state index contributed by atoms with van der Waals surface area (Å²) in [7, 11) is 2.33. The molecule has 3 aliphatic rings. The van der Waals surface area contributed by atoms with Crippen LogP contribution in [0.3, 0.4) is 0 Å². The summed E-state index contributed by atoms with van der Waals surface area (Å²) in [6.45, 7) is 4.94. The molecule has 1 N–H and O–H groups in total. The third-order valence-electron chi connectivity index (χ3n) is 4.74. The number of fused-ring (bicyclic) bond motifs is 2. The van der Waals surface area contributed by atoms with Crippen molar-refractivity contribution in [3.63, 3.8) is 0 Å². The second-order valence-electron chi connectivity index (χ2n) is 5.46. The molecule has 3 nitrogen and oxygen atoms in total. The maximum Gasteiger partial charge on any atom is 0.0126 e. The summed E-state index contributed by atoms with van der Waals surface area (Å²) >= 11 is 0. The van der Waals surface area contributed by atoms with Gasteiger partial charge in [0.2, 0.25) is 0 Å². The van der Waals surface area contributed by atoms with Crippen molar-refractivity contribution in [2.45, 2.75) is 43.8 Å². The number of piperazine rings is 1. The lowest BCUT2D eigenvalue weighted by molar-refractivity contribution is 0.0680. The van der Waals surface area contributed by atoms with Gasteiger partial charge in [0, 0.05) is 44.3 Å². The van der Waals surface area contributed by atoms with Gasteiger partial charge in [-0.1, -0.05) is 0 Å². The predicted octanol–water partition coefficient (Wildman–Crippen LogP) is 1.36. The van der Waals surface area contributed by atoms with E-state index in [1.54, 1.807) is 0 Å². The highest BCUT2D eigenvalue weighted by Crippen LogP contribution is 2.36. The first kappa shape index (κ1) is 15.5. The van der Waals surface area contributed by atoms with Crippen molar-refractivity contribution in [1.29, 1.82) is 0 Å². The second-order valence-corrected chi connectivity index (χ2v) is 5.46. The molecule has 17 heavy (non-hydrogen) atoms. The van der Waals surface area contributed by atoms with Crippen molar-refractivity contribution in [2.75, 3.05) is 33.2 Å². The molecular formula is C12H25Cl2N3. The molecule has 3 fully saturated rings. The molecule has 102 valence electrons. The summed E-state index contributed by atoms with van der Waals surface area (Å²) in [4.78, 5) is 5.37. The van der Waals surface area contributed by atoms with Crippen molar-refractivity contribution in [3.8, 4) is 0 Å². The molecule has 3 heterocycles. The summed E-state index contributed by atoms with van der Waals surface area (Å²) in [5.74, 6) is 0. The van der Waals surface area contributed by atoms with E-state index in [0.717, 1.165) is 18.1 Å². The molecule has 0 aliphatic carbocycles. The summed E-state index contributed by atoms with van der Waals surface area (Å²) in [6, 6.07) is 2.67. The predicted molar refractivity (Wildman–Crippen MR) is 76.5 cm³/mol. The van der Waals surface area contributed by atoms with Crippen LogP contribution in [-0.2, 0) is 0 Å². The van der Waals surface area contributed by atoms with Gasteiger partial charge in [0.15, 0.2) is 0 Å². The van der Waals surface area contributed by atoms with Gasteiger partial charge in [-0.25, -0.2) is 0 Å². The molecule has 5 heteroatoms. The van der Waals surface area contributed by atoms with Crippen LogP contribution in [0.4, 0.5) is 0 Å². The summed E-state index contributed by atoms with van der Waals surface area (Å²) in [5.41, 5.74) is 0.